The van der Waals surface area contributed by atoms with Gasteiger partial charge in [0.1, 0.15) is 22.0 Å². The van der Waals surface area contributed by atoms with E-state index in [0.29, 0.717) is 28.6 Å². The predicted molar refractivity (Wildman–Crippen MR) is 132 cm³/mol. The number of ether oxygens (including phenoxy) is 1. The number of nitrogens with zero attached hydrogens (tertiary/aromatic N) is 1. The van der Waals surface area contributed by atoms with Crippen molar-refractivity contribution in [1.29, 1.82) is 0 Å². The molecule has 2 heterocycles. The first-order chi connectivity index (χ1) is 14.9. The van der Waals surface area contributed by atoms with Gasteiger partial charge in [-0.05, 0) is 65.7 Å². The van der Waals surface area contributed by atoms with Gasteiger partial charge >= 0.3 is 0 Å². The van der Waals surface area contributed by atoms with Crippen LogP contribution in [0.4, 0.5) is 5.69 Å². The number of anilines is 1. The van der Waals surface area contributed by atoms with E-state index in [0.717, 1.165) is 4.91 Å². The van der Waals surface area contributed by atoms with Crippen molar-refractivity contribution in [2.75, 3.05) is 11.5 Å². The molecule has 0 spiro atoms. The van der Waals surface area contributed by atoms with Crippen LogP contribution in [-0.2, 0) is 9.59 Å². The van der Waals surface area contributed by atoms with Crippen LogP contribution in [0.1, 0.15) is 5.56 Å². The molecule has 0 aromatic heterocycles. The van der Waals surface area contributed by atoms with Gasteiger partial charge < -0.3 is 4.74 Å². The van der Waals surface area contributed by atoms with E-state index in [2.05, 4.69) is 5.32 Å². The summed E-state index contributed by atoms with van der Waals surface area (Å²) in [5.74, 6) is -0.447. The summed E-state index contributed by atoms with van der Waals surface area (Å²) in [5.41, 5.74) is 1.13. The Morgan fingerprint density at radius 3 is 2.68 bits per heavy atom. The number of hydrogen-bond donors (Lipinski definition) is 1. The summed E-state index contributed by atoms with van der Waals surface area (Å²) in [6.45, 7) is 0.402. The summed E-state index contributed by atoms with van der Waals surface area (Å²) in [6, 6.07) is 13.8. The van der Waals surface area contributed by atoms with Gasteiger partial charge in [-0.3, -0.25) is 19.8 Å². The largest absolute Gasteiger partial charge is 0.488 e. The molecule has 1 fully saturated rings. The molecule has 0 aliphatic carbocycles. The zero-order valence-electron chi connectivity index (χ0n) is 15.7. The first-order valence-corrected chi connectivity index (χ1v) is 12.0. The first-order valence-electron chi connectivity index (χ1n) is 8.96. The van der Waals surface area contributed by atoms with Crippen LogP contribution in [0.3, 0.4) is 0 Å². The minimum atomic E-state index is -0.552. The SMILES string of the molecule is O=C1NC(=S)N(c2ccc(Cl)cc2)C(=O)/C1=C/c1cccc(OCC2=CSC(Cl)S2)c1. The van der Waals surface area contributed by atoms with E-state index < -0.39 is 11.8 Å². The van der Waals surface area contributed by atoms with Crippen molar-refractivity contribution in [2.24, 2.45) is 0 Å². The fourth-order valence-corrected chi connectivity index (χ4v) is 5.61. The standard InChI is InChI=1S/C21H14Cl2N2O3S3/c22-13-4-6-14(7-5-13)25-19(27)17(18(26)24-21(25)29)9-12-2-1-3-15(8-12)28-10-16-11-30-20(23)31-16/h1-9,11,20H,10H2,(H,24,26,29)/b17-9+. The van der Waals surface area contributed by atoms with Crippen molar-refractivity contribution in [2.45, 2.75) is 4.04 Å². The Hall–Kier alpha value is -1.97. The van der Waals surface area contributed by atoms with Crippen LogP contribution >= 0.6 is 58.9 Å². The molecule has 4 rings (SSSR count). The zero-order chi connectivity index (χ0) is 22.0. The minimum absolute atomic E-state index is 0.0179. The molecular formula is C21H14Cl2N2O3S3. The number of carbonyl (C=O) groups excluding carboxylic acids is 2. The molecule has 0 bridgehead atoms. The fourth-order valence-electron chi connectivity index (χ4n) is 2.87. The third-order valence-electron chi connectivity index (χ3n) is 4.29. The van der Waals surface area contributed by atoms with Gasteiger partial charge in [-0.2, -0.15) is 0 Å². The molecule has 0 saturated carbocycles. The highest BCUT2D eigenvalue weighted by molar-refractivity contribution is 8.24. The van der Waals surface area contributed by atoms with Crippen LogP contribution in [0.25, 0.3) is 6.08 Å². The number of carbonyl (C=O) groups is 2. The Labute approximate surface area is 202 Å². The number of nitrogens with one attached hydrogen (secondary N) is 1. The van der Waals surface area contributed by atoms with Crippen LogP contribution in [-0.4, -0.2) is 27.6 Å². The monoisotopic (exact) mass is 508 g/mol. The summed E-state index contributed by atoms with van der Waals surface area (Å²) in [4.78, 5) is 27.9. The Morgan fingerprint density at radius 2 is 1.97 bits per heavy atom. The normalized spacial score (nSPS) is 20.1. The quantitative estimate of drug-likeness (QED) is 0.252. The van der Waals surface area contributed by atoms with Crippen molar-refractivity contribution in [3.05, 3.63) is 75.0 Å². The second kappa shape index (κ2) is 9.67. The summed E-state index contributed by atoms with van der Waals surface area (Å²) in [7, 11) is 0. The summed E-state index contributed by atoms with van der Waals surface area (Å²) in [6.07, 6.45) is 1.52. The number of hydrogen-bond acceptors (Lipinski definition) is 6. The van der Waals surface area contributed by atoms with Gasteiger partial charge in [-0.1, -0.05) is 47.1 Å². The average molecular weight is 509 g/mol. The van der Waals surface area contributed by atoms with Crippen LogP contribution in [0.15, 0.2) is 64.4 Å². The van der Waals surface area contributed by atoms with Gasteiger partial charge in [-0.25, -0.2) is 0 Å². The molecule has 1 atom stereocenters. The second-order valence-corrected chi connectivity index (χ2v) is 10.7. The minimum Gasteiger partial charge on any atom is -0.488 e. The predicted octanol–water partition coefficient (Wildman–Crippen LogP) is 5.39. The number of alkyl halides is 1. The lowest BCUT2D eigenvalue weighted by Gasteiger charge is -2.29. The number of benzene rings is 2. The van der Waals surface area contributed by atoms with Gasteiger partial charge in [0.25, 0.3) is 11.8 Å². The smallest absolute Gasteiger partial charge is 0.270 e. The van der Waals surface area contributed by atoms with Crippen molar-refractivity contribution < 1.29 is 14.3 Å². The molecule has 2 amide bonds. The lowest BCUT2D eigenvalue weighted by molar-refractivity contribution is -0.122. The molecule has 31 heavy (non-hydrogen) atoms. The summed E-state index contributed by atoms with van der Waals surface area (Å²) < 4.78 is 5.79. The van der Waals surface area contributed by atoms with E-state index in [-0.39, 0.29) is 14.7 Å². The Balaban J connectivity index is 1.55. The third kappa shape index (κ3) is 5.27. The Morgan fingerprint density at radius 1 is 1.19 bits per heavy atom. The second-order valence-electron chi connectivity index (χ2n) is 6.41. The molecule has 158 valence electrons. The van der Waals surface area contributed by atoms with Crippen LogP contribution < -0.4 is 15.0 Å². The molecular weight excluding hydrogens is 495 g/mol. The van der Waals surface area contributed by atoms with Gasteiger partial charge in [0.05, 0.1) is 5.69 Å². The molecule has 1 unspecified atom stereocenters. The molecule has 2 aromatic carbocycles. The Kier molecular flexibility index (Phi) is 6.93. The van der Waals surface area contributed by atoms with Crippen LogP contribution in [0.2, 0.25) is 5.02 Å². The van der Waals surface area contributed by atoms with E-state index in [4.69, 9.17) is 40.2 Å². The number of thiocarbonyl (C=S) groups is 1. The van der Waals surface area contributed by atoms with Crippen molar-refractivity contribution in [3.8, 4) is 5.75 Å². The topological polar surface area (TPSA) is 58.6 Å². The molecule has 0 radical (unpaired) electrons. The van der Waals surface area contributed by atoms with Gasteiger partial charge in [0.2, 0.25) is 0 Å². The summed E-state index contributed by atoms with van der Waals surface area (Å²) >= 11 is 20.3. The maximum absolute atomic E-state index is 13.1. The summed E-state index contributed by atoms with van der Waals surface area (Å²) in [5, 5.41) is 5.09. The number of rotatable bonds is 5. The molecule has 1 saturated heterocycles. The van der Waals surface area contributed by atoms with E-state index >= 15 is 0 Å². The zero-order valence-corrected chi connectivity index (χ0v) is 19.7. The van der Waals surface area contributed by atoms with E-state index in [1.54, 1.807) is 54.2 Å². The van der Waals surface area contributed by atoms with E-state index in [1.807, 2.05) is 11.5 Å². The van der Waals surface area contributed by atoms with E-state index in [1.165, 1.54) is 22.7 Å². The highest BCUT2D eigenvalue weighted by Gasteiger charge is 2.34. The van der Waals surface area contributed by atoms with Gasteiger partial charge in [-0.15, -0.1) is 11.8 Å². The average Bonchev–Trinajstić information content (AvgIpc) is 3.16. The van der Waals surface area contributed by atoms with Crippen LogP contribution in [0, 0.1) is 0 Å². The molecule has 10 heteroatoms. The van der Waals surface area contributed by atoms with Gasteiger partial charge in [0, 0.05) is 9.93 Å². The Bertz CT molecular complexity index is 1120. The molecule has 2 aliphatic rings. The highest BCUT2D eigenvalue weighted by Crippen LogP contribution is 2.42. The van der Waals surface area contributed by atoms with Crippen LogP contribution in [0.5, 0.6) is 5.75 Å². The lowest BCUT2D eigenvalue weighted by Crippen LogP contribution is -2.54. The fraction of sp³-hybridized carbons (Fsp3) is 0.0952. The molecule has 1 N–H and O–H groups in total. The maximum Gasteiger partial charge on any atom is 0.270 e. The molecule has 2 aromatic rings. The molecule has 2 aliphatic heterocycles. The number of amides is 2. The van der Waals surface area contributed by atoms with E-state index in [9.17, 15) is 9.59 Å². The molecule has 5 nitrogen and oxygen atoms in total. The lowest BCUT2D eigenvalue weighted by atomic mass is 10.1. The van der Waals surface area contributed by atoms with Gasteiger partial charge in [0.15, 0.2) is 5.11 Å². The van der Waals surface area contributed by atoms with Crippen molar-refractivity contribution in [3.63, 3.8) is 0 Å². The third-order valence-corrected chi connectivity index (χ3v) is 7.53. The number of halogens is 2. The van der Waals surface area contributed by atoms with Crippen molar-refractivity contribution >= 4 is 87.6 Å². The van der Waals surface area contributed by atoms with Crippen molar-refractivity contribution in [1.82, 2.24) is 5.32 Å². The maximum atomic E-state index is 13.1. The first kappa shape index (κ1) is 22.2. The highest BCUT2D eigenvalue weighted by atomic mass is 35.5. The number of thioether (sulfide) groups is 2.